The Bertz CT molecular complexity index is 703. The lowest BCUT2D eigenvalue weighted by Crippen LogP contribution is -2.13. The van der Waals surface area contributed by atoms with E-state index in [-0.39, 0.29) is 5.56 Å². The van der Waals surface area contributed by atoms with E-state index in [1.807, 2.05) is 24.3 Å². The van der Waals surface area contributed by atoms with Crippen molar-refractivity contribution in [3.8, 4) is 0 Å². The summed E-state index contributed by atoms with van der Waals surface area (Å²) < 4.78 is 1.56. The number of fused-ring (bicyclic) bond motifs is 3. The topological polar surface area (TPSA) is 47.3 Å². The Balaban J connectivity index is 2.70. The fraction of sp³-hybridized carbons (Fsp3) is 0. The first-order valence-corrected chi connectivity index (χ1v) is 4.58. The minimum absolute atomic E-state index is 0.0846. The van der Waals surface area contributed by atoms with Crippen molar-refractivity contribution >= 4 is 16.7 Å². The summed E-state index contributed by atoms with van der Waals surface area (Å²) in [6.07, 6.45) is 3.10. The van der Waals surface area contributed by atoms with Gasteiger partial charge in [0.15, 0.2) is 5.65 Å². The van der Waals surface area contributed by atoms with Crippen LogP contribution in [0.4, 0.5) is 0 Å². The van der Waals surface area contributed by atoms with Crippen LogP contribution in [0.2, 0.25) is 0 Å². The molecule has 0 saturated heterocycles. The zero-order valence-electron chi connectivity index (χ0n) is 7.79. The maximum atomic E-state index is 11.7. The Labute approximate surface area is 84.8 Å². The van der Waals surface area contributed by atoms with Gasteiger partial charge in [0.2, 0.25) is 0 Å². The first kappa shape index (κ1) is 8.11. The first-order chi connectivity index (χ1) is 7.36. The van der Waals surface area contributed by atoms with Crippen LogP contribution in [0.15, 0.2) is 47.5 Å². The van der Waals surface area contributed by atoms with Gasteiger partial charge in [-0.15, -0.1) is 0 Å². The Morgan fingerprint density at radius 3 is 2.87 bits per heavy atom. The van der Waals surface area contributed by atoms with Gasteiger partial charge in [0, 0.05) is 12.3 Å². The predicted molar refractivity (Wildman–Crippen MR) is 56.8 cm³/mol. The monoisotopic (exact) mass is 197 g/mol. The third-order valence-corrected chi connectivity index (χ3v) is 2.32. The molecule has 15 heavy (non-hydrogen) atoms. The summed E-state index contributed by atoms with van der Waals surface area (Å²) >= 11 is 0. The third kappa shape index (κ3) is 1.11. The molecule has 0 amide bonds. The Morgan fingerprint density at radius 1 is 1.07 bits per heavy atom. The molecule has 2 heterocycles. The van der Waals surface area contributed by atoms with Gasteiger partial charge in [-0.1, -0.05) is 12.1 Å². The fourth-order valence-corrected chi connectivity index (χ4v) is 1.65. The standard InChI is InChI=1S/C11H7N3O/c15-11-5-6-12-10-7-13-8-3-1-2-4-9(8)14(10)11/h1-7H. The maximum absolute atomic E-state index is 11.7. The molecule has 0 bridgehead atoms. The van der Waals surface area contributed by atoms with Crippen molar-refractivity contribution < 1.29 is 0 Å². The fourth-order valence-electron chi connectivity index (χ4n) is 1.65. The van der Waals surface area contributed by atoms with Crippen LogP contribution in [-0.2, 0) is 0 Å². The minimum atomic E-state index is -0.0846. The highest BCUT2D eigenvalue weighted by atomic mass is 16.1. The Hall–Kier alpha value is -2.23. The number of nitrogens with zero attached hydrogens (tertiary/aromatic N) is 3. The molecule has 3 aromatic rings. The van der Waals surface area contributed by atoms with Crippen LogP contribution in [0, 0.1) is 0 Å². The van der Waals surface area contributed by atoms with E-state index in [0.29, 0.717) is 5.65 Å². The van der Waals surface area contributed by atoms with Crippen molar-refractivity contribution in [3.63, 3.8) is 0 Å². The molecule has 0 radical (unpaired) electrons. The van der Waals surface area contributed by atoms with E-state index in [4.69, 9.17) is 0 Å². The Kier molecular flexibility index (Phi) is 1.56. The van der Waals surface area contributed by atoms with E-state index in [2.05, 4.69) is 9.97 Å². The molecule has 0 fully saturated rings. The van der Waals surface area contributed by atoms with E-state index >= 15 is 0 Å². The quantitative estimate of drug-likeness (QED) is 0.509. The summed E-state index contributed by atoms with van der Waals surface area (Å²) in [5.41, 5.74) is 2.06. The van der Waals surface area contributed by atoms with E-state index < -0.39 is 0 Å². The molecule has 0 aliphatic carbocycles. The number of aromatic nitrogens is 3. The molecular weight excluding hydrogens is 190 g/mol. The molecule has 1 aromatic carbocycles. The first-order valence-electron chi connectivity index (χ1n) is 4.58. The molecule has 0 spiro atoms. The number of para-hydroxylation sites is 2. The molecule has 4 nitrogen and oxygen atoms in total. The molecule has 2 aromatic heterocycles. The van der Waals surface area contributed by atoms with Crippen LogP contribution in [0.3, 0.4) is 0 Å². The lowest BCUT2D eigenvalue weighted by Gasteiger charge is -2.02. The number of hydrogen-bond donors (Lipinski definition) is 0. The maximum Gasteiger partial charge on any atom is 0.258 e. The summed E-state index contributed by atoms with van der Waals surface area (Å²) in [6.45, 7) is 0. The van der Waals surface area contributed by atoms with E-state index in [1.54, 1.807) is 10.6 Å². The number of hydrogen-bond acceptors (Lipinski definition) is 3. The molecule has 3 rings (SSSR count). The summed E-state index contributed by atoms with van der Waals surface area (Å²) in [5, 5.41) is 0. The van der Waals surface area contributed by atoms with Crippen LogP contribution in [-0.4, -0.2) is 14.4 Å². The van der Waals surface area contributed by atoms with Crippen molar-refractivity contribution in [1.82, 2.24) is 14.4 Å². The van der Waals surface area contributed by atoms with Crippen molar-refractivity contribution in [3.05, 3.63) is 53.1 Å². The lowest BCUT2D eigenvalue weighted by atomic mass is 10.3. The summed E-state index contributed by atoms with van der Waals surface area (Å²) in [7, 11) is 0. The average Bonchev–Trinajstić information content (AvgIpc) is 2.29. The van der Waals surface area contributed by atoms with Gasteiger partial charge in [-0.3, -0.25) is 14.2 Å². The molecular formula is C11H7N3O. The highest BCUT2D eigenvalue weighted by Crippen LogP contribution is 2.09. The predicted octanol–water partition coefficient (Wildman–Crippen LogP) is 1.24. The average molecular weight is 197 g/mol. The number of benzene rings is 1. The van der Waals surface area contributed by atoms with Crippen molar-refractivity contribution in [1.29, 1.82) is 0 Å². The lowest BCUT2D eigenvalue weighted by molar-refractivity contribution is 1.07. The molecule has 72 valence electrons. The second-order valence-corrected chi connectivity index (χ2v) is 3.22. The van der Waals surface area contributed by atoms with E-state index in [9.17, 15) is 4.79 Å². The highest BCUT2D eigenvalue weighted by Gasteiger charge is 2.01. The second kappa shape index (κ2) is 2.88. The number of rotatable bonds is 0. The van der Waals surface area contributed by atoms with Gasteiger partial charge in [-0.05, 0) is 12.1 Å². The van der Waals surface area contributed by atoms with Crippen LogP contribution in [0.25, 0.3) is 16.7 Å². The molecule has 0 N–H and O–H groups in total. The molecule has 0 unspecified atom stereocenters. The third-order valence-electron chi connectivity index (χ3n) is 2.32. The van der Waals surface area contributed by atoms with Gasteiger partial charge in [0.05, 0.1) is 17.2 Å². The van der Waals surface area contributed by atoms with E-state index in [0.717, 1.165) is 11.0 Å². The van der Waals surface area contributed by atoms with E-state index in [1.165, 1.54) is 12.3 Å². The molecule has 0 atom stereocenters. The normalized spacial score (nSPS) is 10.9. The van der Waals surface area contributed by atoms with Crippen LogP contribution in [0.5, 0.6) is 0 Å². The van der Waals surface area contributed by atoms with Gasteiger partial charge in [-0.2, -0.15) is 0 Å². The van der Waals surface area contributed by atoms with Gasteiger partial charge >= 0.3 is 0 Å². The van der Waals surface area contributed by atoms with Crippen molar-refractivity contribution in [2.45, 2.75) is 0 Å². The smallest absolute Gasteiger partial charge is 0.258 e. The summed E-state index contributed by atoms with van der Waals surface area (Å²) in [4.78, 5) is 20.0. The van der Waals surface area contributed by atoms with Gasteiger partial charge in [0.1, 0.15) is 0 Å². The zero-order valence-corrected chi connectivity index (χ0v) is 7.79. The summed E-state index contributed by atoms with van der Waals surface area (Å²) in [5.74, 6) is 0. The second-order valence-electron chi connectivity index (χ2n) is 3.22. The SMILES string of the molecule is O=c1ccnc2cnc3ccccc3n12. The van der Waals surface area contributed by atoms with Crippen molar-refractivity contribution in [2.24, 2.45) is 0 Å². The Morgan fingerprint density at radius 2 is 1.93 bits per heavy atom. The minimum Gasteiger partial charge on any atom is -0.269 e. The molecule has 0 aliphatic rings. The van der Waals surface area contributed by atoms with Gasteiger partial charge < -0.3 is 0 Å². The van der Waals surface area contributed by atoms with Gasteiger partial charge in [0.25, 0.3) is 5.56 Å². The molecule has 4 heteroatoms. The van der Waals surface area contributed by atoms with Crippen LogP contribution < -0.4 is 5.56 Å². The van der Waals surface area contributed by atoms with Crippen LogP contribution >= 0.6 is 0 Å². The van der Waals surface area contributed by atoms with Crippen LogP contribution in [0.1, 0.15) is 0 Å². The molecule has 0 saturated carbocycles. The van der Waals surface area contributed by atoms with Gasteiger partial charge in [-0.25, -0.2) is 4.98 Å². The summed E-state index contributed by atoms with van der Waals surface area (Å²) in [6, 6.07) is 8.94. The largest absolute Gasteiger partial charge is 0.269 e. The van der Waals surface area contributed by atoms with Crippen molar-refractivity contribution in [2.75, 3.05) is 0 Å². The zero-order chi connectivity index (χ0) is 10.3. The highest BCUT2D eigenvalue weighted by molar-refractivity contribution is 5.76. The molecule has 0 aliphatic heterocycles.